The van der Waals surface area contributed by atoms with Gasteiger partial charge < -0.3 is 4.74 Å². The monoisotopic (exact) mass is 384 g/mol. The lowest BCUT2D eigenvalue weighted by atomic mass is 10.2. The molecule has 0 aliphatic rings. The molecule has 1 aromatic heterocycles. The Labute approximate surface area is 151 Å². The number of benzene rings is 2. The van der Waals surface area contributed by atoms with Crippen molar-refractivity contribution in [1.29, 1.82) is 0 Å². The second-order valence-corrected chi connectivity index (χ2v) is 6.89. The number of nitrogens with zero attached hydrogens (tertiary/aromatic N) is 2. The van der Waals surface area contributed by atoms with E-state index >= 15 is 0 Å². The summed E-state index contributed by atoms with van der Waals surface area (Å²) in [6.45, 7) is 8.86. The van der Waals surface area contributed by atoms with E-state index < -0.39 is 0 Å². The van der Waals surface area contributed by atoms with Crippen molar-refractivity contribution < 1.29 is 4.74 Å². The van der Waals surface area contributed by atoms with Gasteiger partial charge in [0.25, 0.3) is 0 Å². The molecule has 0 spiro atoms. The van der Waals surface area contributed by atoms with Gasteiger partial charge in [-0.25, -0.2) is 4.68 Å². The van der Waals surface area contributed by atoms with Gasteiger partial charge in [0.1, 0.15) is 12.4 Å². The fraction of sp³-hybridized carbons (Fsp3) is 0.250. The van der Waals surface area contributed by atoms with Crippen LogP contribution in [0.1, 0.15) is 28.1 Å². The minimum atomic E-state index is 0.542. The molecular formula is C20H21BrN2O. The lowest BCUT2D eigenvalue weighted by molar-refractivity contribution is 0.303. The number of rotatable bonds is 4. The van der Waals surface area contributed by atoms with E-state index in [1.54, 1.807) is 0 Å². The summed E-state index contributed by atoms with van der Waals surface area (Å²) in [6.07, 6.45) is 0. The van der Waals surface area contributed by atoms with Gasteiger partial charge in [-0.2, -0.15) is 5.10 Å². The minimum absolute atomic E-state index is 0.542. The third-order valence-corrected chi connectivity index (χ3v) is 5.17. The van der Waals surface area contributed by atoms with E-state index in [1.165, 1.54) is 11.3 Å². The highest BCUT2D eigenvalue weighted by molar-refractivity contribution is 9.10. The van der Waals surface area contributed by atoms with Crippen LogP contribution in [0.15, 0.2) is 46.9 Å². The van der Waals surface area contributed by atoms with Crippen LogP contribution in [0.5, 0.6) is 5.75 Å². The topological polar surface area (TPSA) is 27.1 Å². The molecule has 3 rings (SSSR count). The molecule has 0 fully saturated rings. The van der Waals surface area contributed by atoms with Gasteiger partial charge in [0.2, 0.25) is 0 Å². The minimum Gasteiger partial charge on any atom is -0.489 e. The molecule has 0 bridgehead atoms. The van der Waals surface area contributed by atoms with Crippen LogP contribution < -0.4 is 4.74 Å². The molecule has 124 valence electrons. The quantitative estimate of drug-likeness (QED) is 0.597. The number of halogens is 1. The molecule has 0 aliphatic carbocycles. The average Bonchev–Trinajstić information content (AvgIpc) is 2.82. The van der Waals surface area contributed by atoms with Gasteiger partial charge in [-0.1, -0.05) is 34.1 Å². The van der Waals surface area contributed by atoms with E-state index in [-0.39, 0.29) is 0 Å². The van der Waals surface area contributed by atoms with Crippen LogP contribution in [-0.4, -0.2) is 9.78 Å². The highest BCUT2D eigenvalue weighted by atomic mass is 79.9. The van der Waals surface area contributed by atoms with Crippen molar-refractivity contribution in [1.82, 2.24) is 9.78 Å². The van der Waals surface area contributed by atoms with Crippen molar-refractivity contribution in [3.8, 4) is 11.4 Å². The zero-order valence-electron chi connectivity index (χ0n) is 14.4. The maximum absolute atomic E-state index is 5.99. The number of ether oxygens (including phenoxy) is 1. The smallest absolute Gasteiger partial charge is 0.122 e. The fourth-order valence-corrected chi connectivity index (χ4v) is 3.07. The molecule has 24 heavy (non-hydrogen) atoms. The molecular weight excluding hydrogens is 364 g/mol. The standard InChI is InChI=1S/C20H21BrN2O/c1-13-11-18(23-16(4)14(2)15(3)22-23)9-10-20(13)24-12-17-7-5-6-8-19(17)21/h5-11H,12H2,1-4H3. The Morgan fingerprint density at radius 1 is 1.04 bits per heavy atom. The van der Waals surface area contributed by atoms with Crippen LogP contribution in [0.3, 0.4) is 0 Å². The van der Waals surface area contributed by atoms with Gasteiger partial charge in [-0.05, 0) is 63.1 Å². The largest absolute Gasteiger partial charge is 0.489 e. The second-order valence-electron chi connectivity index (χ2n) is 6.04. The molecule has 0 atom stereocenters. The van der Waals surface area contributed by atoms with Gasteiger partial charge in [0, 0.05) is 15.7 Å². The summed E-state index contributed by atoms with van der Waals surface area (Å²) >= 11 is 3.56. The lowest BCUT2D eigenvalue weighted by Crippen LogP contribution is -2.02. The summed E-state index contributed by atoms with van der Waals surface area (Å²) in [5.74, 6) is 0.896. The van der Waals surface area contributed by atoms with Crippen molar-refractivity contribution >= 4 is 15.9 Å². The predicted octanol–water partition coefficient (Wildman–Crippen LogP) is 5.45. The highest BCUT2D eigenvalue weighted by Crippen LogP contribution is 2.25. The average molecular weight is 385 g/mol. The molecule has 0 aliphatic heterocycles. The molecule has 0 amide bonds. The summed E-state index contributed by atoms with van der Waals surface area (Å²) in [7, 11) is 0. The van der Waals surface area contributed by atoms with Gasteiger partial charge in [0.05, 0.1) is 11.4 Å². The number of hydrogen-bond acceptors (Lipinski definition) is 2. The molecule has 3 aromatic rings. The molecule has 0 saturated heterocycles. The molecule has 0 radical (unpaired) electrons. The zero-order chi connectivity index (χ0) is 17.3. The van der Waals surface area contributed by atoms with Crippen LogP contribution in [0, 0.1) is 27.7 Å². The van der Waals surface area contributed by atoms with E-state index in [0.717, 1.165) is 32.7 Å². The summed E-state index contributed by atoms with van der Waals surface area (Å²) in [5.41, 5.74) is 6.78. The molecule has 0 N–H and O–H groups in total. The fourth-order valence-electron chi connectivity index (χ4n) is 2.67. The Balaban J connectivity index is 1.82. The number of aryl methyl sites for hydroxylation is 2. The first kappa shape index (κ1) is 16.8. The highest BCUT2D eigenvalue weighted by Gasteiger charge is 2.10. The van der Waals surface area contributed by atoms with Crippen molar-refractivity contribution in [2.45, 2.75) is 34.3 Å². The first-order chi connectivity index (χ1) is 11.5. The van der Waals surface area contributed by atoms with Crippen molar-refractivity contribution in [3.05, 3.63) is 75.0 Å². The Morgan fingerprint density at radius 3 is 2.42 bits per heavy atom. The van der Waals surface area contributed by atoms with E-state index in [0.29, 0.717) is 6.61 Å². The van der Waals surface area contributed by atoms with Crippen LogP contribution >= 0.6 is 15.9 Å². The first-order valence-corrected chi connectivity index (χ1v) is 8.76. The molecule has 1 heterocycles. The maximum atomic E-state index is 5.99. The van der Waals surface area contributed by atoms with Crippen LogP contribution in [0.4, 0.5) is 0 Å². The van der Waals surface area contributed by atoms with Crippen molar-refractivity contribution in [2.75, 3.05) is 0 Å². The molecule has 2 aromatic carbocycles. The third-order valence-electron chi connectivity index (χ3n) is 4.40. The Hall–Kier alpha value is -2.07. The van der Waals surface area contributed by atoms with Crippen LogP contribution in [-0.2, 0) is 6.61 Å². The van der Waals surface area contributed by atoms with E-state index in [4.69, 9.17) is 4.74 Å². The molecule has 0 unspecified atom stereocenters. The third kappa shape index (κ3) is 3.24. The van der Waals surface area contributed by atoms with Gasteiger partial charge in [0.15, 0.2) is 0 Å². The maximum Gasteiger partial charge on any atom is 0.122 e. The molecule has 4 heteroatoms. The predicted molar refractivity (Wildman–Crippen MR) is 101 cm³/mol. The van der Waals surface area contributed by atoms with Crippen LogP contribution in [0.25, 0.3) is 5.69 Å². The lowest BCUT2D eigenvalue weighted by Gasteiger charge is -2.12. The van der Waals surface area contributed by atoms with Crippen molar-refractivity contribution in [2.24, 2.45) is 0 Å². The summed E-state index contributed by atoms with van der Waals surface area (Å²) in [6, 6.07) is 14.3. The van der Waals surface area contributed by atoms with Gasteiger partial charge in [-0.15, -0.1) is 0 Å². The van der Waals surface area contributed by atoms with E-state index in [1.807, 2.05) is 35.9 Å². The first-order valence-electron chi connectivity index (χ1n) is 7.97. The second kappa shape index (κ2) is 6.81. The Kier molecular flexibility index (Phi) is 4.76. The van der Waals surface area contributed by atoms with Gasteiger partial charge >= 0.3 is 0 Å². The molecule has 0 saturated carbocycles. The summed E-state index contributed by atoms with van der Waals surface area (Å²) < 4.78 is 9.06. The Morgan fingerprint density at radius 2 is 1.79 bits per heavy atom. The molecule has 3 nitrogen and oxygen atoms in total. The zero-order valence-corrected chi connectivity index (χ0v) is 16.0. The van der Waals surface area contributed by atoms with Gasteiger partial charge in [-0.3, -0.25) is 0 Å². The SMILES string of the molecule is Cc1cc(-n2nc(C)c(C)c2C)ccc1OCc1ccccc1Br. The summed E-state index contributed by atoms with van der Waals surface area (Å²) in [5, 5.41) is 4.63. The van der Waals surface area contributed by atoms with E-state index in [2.05, 4.69) is 60.0 Å². The van der Waals surface area contributed by atoms with Crippen LogP contribution in [0.2, 0.25) is 0 Å². The van der Waals surface area contributed by atoms with Crippen molar-refractivity contribution in [3.63, 3.8) is 0 Å². The normalized spacial score (nSPS) is 10.9. The number of hydrogen-bond donors (Lipinski definition) is 0. The van der Waals surface area contributed by atoms with E-state index in [9.17, 15) is 0 Å². The number of aromatic nitrogens is 2. The summed E-state index contributed by atoms with van der Waals surface area (Å²) in [4.78, 5) is 0. The Bertz CT molecular complexity index is 883.